The van der Waals surface area contributed by atoms with Crippen molar-refractivity contribution in [2.24, 2.45) is 11.8 Å². The van der Waals surface area contributed by atoms with Crippen molar-refractivity contribution in [2.45, 2.75) is 96.8 Å². The largest absolute Gasteiger partial charge is 0.453 e. The van der Waals surface area contributed by atoms with E-state index >= 15 is 4.39 Å². The fourth-order valence-corrected chi connectivity index (χ4v) is 10.5. The van der Waals surface area contributed by atoms with E-state index < -0.39 is 24.3 Å². The molecular weight excluding hydrogens is 916 g/mol. The minimum absolute atomic E-state index is 0.138. The number of likely N-dealkylation sites (tertiary alicyclic amines) is 2. The van der Waals surface area contributed by atoms with Crippen molar-refractivity contribution in [3.8, 4) is 50.7 Å². The standard InChI is InChI=1S/C55H65FN10O6/c1-33(2)48(61-54(69)71-5)52(67)64-28-10-12-46(64)50-57-31-41(59-50)35-14-18-37(19-15-35)43-24-25-44(66(43)39-22-23-45(40(56)30-39)63-26-8-7-9-27-63)38-20-16-36(17-21-38)42-32-58-51(60-42)47-13-11-29-65(47)53(68)49(34(3)4)62-55(70)72-6/h14-25,30-34,46-49H,7-13,26-29H2,1-6H3,(H,57,59)(H,58,60)(H,61,69)(H,62,70)/t46-,47-,48-,49-/m0/s1. The number of aromatic amines is 2. The van der Waals surface area contributed by atoms with E-state index in [-0.39, 0.29) is 41.6 Å². The van der Waals surface area contributed by atoms with Crippen LogP contribution in [-0.2, 0) is 19.1 Å². The summed E-state index contributed by atoms with van der Waals surface area (Å²) in [4.78, 5) is 73.9. The molecule has 3 aliphatic heterocycles. The Morgan fingerprint density at radius 1 is 0.597 bits per heavy atom. The summed E-state index contributed by atoms with van der Waals surface area (Å²) >= 11 is 0. The zero-order valence-corrected chi connectivity index (χ0v) is 41.9. The molecule has 4 atom stereocenters. The Kier molecular flexibility index (Phi) is 14.8. The summed E-state index contributed by atoms with van der Waals surface area (Å²) in [6.45, 7) is 10.4. The van der Waals surface area contributed by atoms with Gasteiger partial charge in [-0.05, 0) is 103 Å². The number of hydrogen-bond acceptors (Lipinski definition) is 9. The van der Waals surface area contributed by atoms with Crippen LogP contribution in [-0.4, -0.2) is 111 Å². The van der Waals surface area contributed by atoms with E-state index in [9.17, 15) is 19.2 Å². The molecule has 4 amide bonds. The molecule has 3 aliphatic rings. The lowest BCUT2D eigenvalue weighted by atomic mass is 10.0. The van der Waals surface area contributed by atoms with Gasteiger partial charge in [-0.25, -0.2) is 23.9 Å². The normalized spacial score (nSPS) is 17.9. The second kappa shape index (κ2) is 21.5. The van der Waals surface area contributed by atoms with Crippen LogP contribution in [0.4, 0.5) is 19.7 Å². The number of nitrogens with one attached hydrogen (secondary N) is 4. The van der Waals surface area contributed by atoms with Gasteiger partial charge in [-0.1, -0.05) is 76.2 Å². The fraction of sp³-hybridized carbons (Fsp3) is 0.418. The van der Waals surface area contributed by atoms with E-state index in [0.717, 1.165) is 103 Å². The van der Waals surface area contributed by atoms with Crippen LogP contribution in [0.15, 0.2) is 91.3 Å². The van der Waals surface area contributed by atoms with E-state index in [2.05, 4.69) is 66.5 Å². The van der Waals surface area contributed by atoms with Gasteiger partial charge in [-0.3, -0.25) is 9.59 Å². The van der Waals surface area contributed by atoms with E-state index in [1.165, 1.54) is 14.2 Å². The number of carbonyl (C=O) groups excluding carboxylic acids is 4. The highest BCUT2D eigenvalue weighted by Crippen LogP contribution is 2.38. The number of alkyl carbamates (subject to hydrolysis) is 2. The minimum atomic E-state index is -0.725. The highest BCUT2D eigenvalue weighted by atomic mass is 19.1. The number of imidazole rings is 2. The fourth-order valence-electron chi connectivity index (χ4n) is 10.5. The van der Waals surface area contributed by atoms with Gasteiger partial charge in [0, 0.05) is 37.9 Å². The maximum Gasteiger partial charge on any atom is 0.407 e. The lowest BCUT2D eigenvalue weighted by Gasteiger charge is -2.30. The van der Waals surface area contributed by atoms with Gasteiger partial charge in [0.05, 0.1) is 67.2 Å². The zero-order chi connectivity index (χ0) is 50.6. The first-order valence-corrected chi connectivity index (χ1v) is 25.2. The van der Waals surface area contributed by atoms with Gasteiger partial charge in [0.2, 0.25) is 11.8 Å². The number of piperidine rings is 1. The van der Waals surface area contributed by atoms with Gasteiger partial charge in [0.25, 0.3) is 0 Å². The van der Waals surface area contributed by atoms with Crippen molar-refractivity contribution in [3.05, 3.63) is 109 Å². The second-order valence-electron chi connectivity index (χ2n) is 19.7. The molecule has 72 heavy (non-hydrogen) atoms. The van der Waals surface area contributed by atoms with Gasteiger partial charge in [0.15, 0.2) is 0 Å². The molecule has 3 saturated heterocycles. The van der Waals surface area contributed by atoms with Crippen molar-refractivity contribution < 1.29 is 33.0 Å². The molecule has 0 aliphatic carbocycles. The molecule has 0 saturated carbocycles. The first-order chi connectivity index (χ1) is 34.8. The summed E-state index contributed by atoms with van der Waals surface area (Å²) in [5.74, 6) is 0.503. The summed E-state index contributed by atoms with van der Waals surface area (Å²) in [5, 5.41) is 5.42. The lowest BCUT2D eigenvalue weighted by Crippen LogP contribution is -2.51. The Hall–Kier alpha value is -7.43. The number of hydrogen-bond donors (Lipinski definition) is 4. The molecule has 6 aromatic rings. The first kappa shape index (κ1) is 49.5. The second-order valence-corrected chi connectivity index (χ2v) is 19.7. The summed E-state index contributed by atoms with van der Waals surface area (Å²) in [6, 6.07) is 24.0. The quantitative estimate of drug-likeness (QED) is 0.0826. The molecule has 16 nitrogen and oxygen atoms in total. The molecule has 0 spiro atoms. The van der Waals surface area contributed by atoms with Crippen LogP contribution in [0, 0.1) is 17.7 Å². The SMILES string of the molecule is COC(=O)N[C@H](C(=O)N1CCC[C@H]1c1ncc(-c2ccc(-c3ccc(-c4ccc(-c5cnc([C@@H]6CCCN6C(=O)[C@@H](NC(=O)OC)C(C)C)[nH]5)cc4)n3-c3ccc(N4CCCCC4)c(F)c3)cc2)[nH]1)C(C)C. The average Bonchev–Trinajstić information content (AvgIpc) is 4.27. The van der Waals surface area contributed by atoms with E-state index in [4.69, 9.17) is 19.4 Å². The minimum Gasteiger partial charge on any atom is -0.453 e. The molecule has 3 aromatic carbocycles. The predicted octanol–water partition coefficient (Wildman–Crippen LogP) is 9.81. The number of amides is 4. The van der Waals surface area contributed by atoms with Crippen LogP contribution < -0.4 is 15.5 Å². The van der Waals surface area contributed by atoms with Crippen LogP contribution >= 0.6 is 0 Å². The third-order valence-electron chi connectivity index (χ3n) is 14.4. The Balaban J connectivity index is 0.981. The van der Waals surface area contributed by atoms with Gasteiger partial charge in [0.1, 0.15) is 29.5 Å². The number of benzene rings is 3. The molecular formula is C55H65FN10O6. The molecule has 4 N–H and O–H groups in total. The van der Waals surface area contributed by atoms with Crippen LogP contribution in [0.5, 0.6) is 0 Å². The average molecular weight is 981 g/mol. The topological polar surface area (TPSA) is 183 Å². The maximum atomic E-state index is 16.3. The number of ether oxygens (including phenoxy) is 2. The van der Waals surface area contributed by atoms with Crippen molar-refractivity contribution in [1.82, 2.24) is 44.9 Å². The van der Waals surface area contributed by atoms with E-state index in [0.29, 0.717) is 36.1 Å². The highest BCUT2D eigenvalue weighted by Gasteiger charge is 2.39. The summed E-state index contributed by atoms with van der Waals surface area (Å²) in [7, 11) is 2.57. The van der Waals surface area contributed by atoms with E-state index in [1.54, 1.807) is 28.3 Å². The van der Waals surface area contributed by atoms with Crippen LogP contribution in [0.3, 0.4) is 0 Å². The number of methoxy groups -OCH3 is 2. The van der Waals surface area contributed by atoms with Crippen LogP contribution in [0.1, 0.15) is 96.4 Å². The Morgan fingerprint density at radius 3 is 1.46 bits per heavy atom. The van der Waals surface area contributed by atoms with Gasteiger partial charge >= 0.3 is 12.2 Å². The number of aromatic nitrogens is 5. The number of halogens is 1. The monoisotopic (exact) mass is 981 g/mol. The molecule has 3 aromatic heterocycles. The molecule has 6 heterocycles. The van der Waals surface area contributed by atoms with Gasteiger partial charge < -0.3 is 49.3 Å². The smallest absolute Gasteiger partial charge is 0.407 e. The molecule has 378 valence electrons. The zero-order valence-electron chi connectivity index (χ0n) is 41.9. The Labute approximate surface area is 419 Å². The Morgan fingerprint density at radius 2 is 1.04 bits per heavy atom. The van der Waals surface area contributed by atoms with Gasteiger partial charge in [-0.15, -0.1) is 0 Å². The number of carbonyl (C=O) groups is 4. The van der Waals surface area contributed by atoms with Crippen molar-refractivity contribution in [2.75, 3.05) is 45.3 Å². The van der Waals surface area contributed by atoms with E-state index in [1.807, 2.05) is 64.1 Å². The summed E-state index contributed by atoms with van der Waals surface area (Å²) in [6.07, 6.45) is 8.65. The molecule has 3 fully saturated rings. The number of rotatable bonds is 14. The van der Waals surface area contributed by atoms with Crippen molar-refractivity contribution >= 4 is 29.7 Å². The molecule has 0 unspecified atom stereocenters. The number of anilines is 1. The van der Waals surface area contributed by atoms with Crippen LogP contribution in [0.25, 0.3) is 50.7 Å². The highest BCUT2D eigenvalue weighted by molar-refractivity contribution is 5.87. The first-order valence-electron chi connectivity index (χ1n) is 25.2. The predicted molar refractivity (Wildman–Crippen MR) is 274 cm³/mol. The number of nitrogens with zero attached hydrogens (tertiary/aromatic N) is 6. The lowest BCUT2D eigenvalue weighted by molar-refractivity contribution is -0.136. The molecule has 9 rings (SSSR count). The summed E-state index contributed by atoms with van der Waals surface area (Å²) in [5.41, 5.74) is 8.37. The third-order valence-corrected chi connectivity index (χ3v) is 14.4. The molecule has 0 radical (unpaired) electrons. The van der Waals surface area contributed by atoms with Crippen molar-refractivity contribution in [3.63, 3.8) is 0 Å². The van der Waals surface area contributed by atoms with Crippen molar-refractivity contribution in [1.29, 1.82) is 0 Å². The third kappa shape index (κ3) is 10.2. The van der Waals surface area contributed by atoms with Crippen LogP contribution in [0.2, 0.25) is 0 Å². The molecule has 0 bridgehead atoms. The number of H-pyrrole nitrogens is 2. The maximum absolute atomic E-state index is 16.3. The summed E-state index contributed by atoms with van der Waals surface area (Å²) < 4.78 is 28.0. The molecule has 17 heteroatoms. The Bertz CT molecular complexity index is 2720. The van der Waals surface area contributed by atoms with Gasteiger partial charge in [-0.2, -0.15) is 0 Å².